The predicted molar refractivity (Wildman–Crippen MR) is 77.7 cm³/mol. The minimum atomic E-state index is 0.850. The van der Waals surface area contributed by atoms with Crippen LogP contribution in [0, 0.1) is 11.3 Å². The van der Waals surface area contributed by atoms with Gasteiger partial charge in [-0.05, 0) is 47.4 Å². The summed E-state index contributed by atoms with van der Waals surface area (Å²) >= 11 is 0. The molecule has 1 N–H and O–H groups in total. The average molecular weight is 244 g/mol. The maximum Gasteiger partial charge on any atom is 0.0947 e. The lowest BCUT2D eigenvalue weighted by Gasteiger charge is -2.07. The molecule has 0 bridgehead atoms. The molecule has 1 heterocycles. The van der Waals surface area contributed by atoms with Gasteiger partial charge in [0.1, 0.15) is 0 Å². The van der Waals surface area contributed by atoms with Crippen LogP contribution in [-0.2, 0) is 6.42 Å². The first-order chi connectivity index (χ1) is 9.35. The van der Waals surface area contributed by atoms with Gasteiger partial charge in [-0.15, -0.1) is 0 Å². The Morgan fingerprint density at radius 2 is 1.84 bits per heavy atom. The number of allylic oxidation sites excluding steroid dienone is 1. The van der Waals surface area contributed by atoms with Crippen LogP contribution in [0.15, 0.2) is 42.0 Å². The Balaban J connectivity index is 2.07. The van der Waals surface area contributed by atoms with Crippen molar-refractivity contribution in [2.24, 2.45) is 0 Å². The zero-order valence-corrected chi connectivity index (χ0v) is 10.4. The number of hydrogen-bond donors (Lipinski definition) is 1. The van der Waals surface area contributed by atoms with Gasteiger partial charge in [-0.3, -0.25) is 0 Å². The molecule has 0 aliphatic heterocycles. The smallest absolute Gasteiger partial charge is 0.0947 e. The molecule has 0 saturated carbocycles. The van der Waals surface area contributed by atoms with E-state index in [1.807, 2.05) is 6.08 Å². The van der Waals surface area contributed by atoms with Crippen LogP contribution < -0.4 is 0 Å². The lowest BCUT2D eigenvalue weighted by molar-refractivity contribution is 0.959. The van der Waals surface area contributed by atoms with E-state index in [1.165, 1.54) is 27.2 Å². The molecule has 0 fully saturated rings. The standard InChI is InChI=1S/C17H12N2/c18-10-11-5-6-14-15-8-12-3-1-2-4-13(12)9-17(15)19-16(14)7-11/h1-4,7-9,19H,5-6H2. The lowest BCUT2D eigenvalue weighted by Crippen LogP contribution is -1.95. The van der Waals surface area contributed by atoms with Crippen molar-refractivity contribution < 1.29 is 0 Å². The number of hydrogen-bond acceptors (Lipinski definition) is 1. The van der Waals surface area contributed by atoms with Crippen molar-refractivity contribution in [1.29, 1.82) is 5.26 Å². The number of nitrogens with one attached hydrogen (secondary N) is 1. The van der Waals surface area contributed by atoms with Gasteiger partial charge in [-0.2, -0.15) is 5.26 Å². The molecular formula is C17H12N2. The number of aromatic amines is 1. The van der Waals surface area contributed by atoms with Crippen LogP contribution in [0.4, 0.5) is 0 Å². The first-order valence-electron chi connectivity index (χ1n) is 6.49. The van der Waals surface area contributed by atoms with E-state index in [2.05, 4.69) is 47.5 Å². The van der Waals surface area contributed by atoms with Crippen LogP contribution in [-0.4, -0.2) is 4.98 Å². The number of aryl methyl sites for hydroxylation is 1. The molecule has 0 unspecified atom stereocenters. The summed E-state index contributed by atoms with van der Waals surface area (Å²) in [4.78, 5) is 3.44. The predicted octanol–water partition coefficient (Wildman–Crippen LogP) is 4.17. The largest absolute Gasteiger partial charge is 0.355 e. The Hall–Kier alpha value is -2.53. The van der Waals surface area contributed by atoms with Gasteiger partial charge in [-0.1, -0.05) is 24.3 Å². The molecule has 3 aromatic rings. The molecule has 1 aliphatic rings. The number of nitrogens with zero attached hydrogens (tertiary/aromatic N) is 1. The highest BCUT2D eigenvalue weighted by molar-refractivity contribution is 6.00. The molecule has 0 spiro atoms. The number of H-pyrrole nitrogens is 1. The highest BCUT2D eigenvalue weighted by Gasteiger charge is 2.16. The topological polar surface area (TPSA) is 39.6 Å². The van der Waals surface area contributed by atoms with Gasteiger partial charge in [0.15, 0.2) is 0 Å². The fourth-order valence-electron chi connectivity index (χ4n) is 2.95. The lowest BCUT2D eigenvalue weighted by atomic mass is 9.95. The molecule has 1 aromatic heterocycles. The van der Waals surface area contributed by atoms with Gasteiger partial charge in [-0.25, -0.2) is 0 Å². The number of aromatic nitrogens is 1. The number of benzene rings is 2. The zero-order valence-electron chi connectivity index (χ0n) is 10.4. The molecule has 4 rings (SSSR count). The highest BCUT2D eigenvalue weighted by atomic mass is 14.7. The Morgan fingerprint density at radius 1 is 1.05 bits per heavy atom. The van der Waals surface area contributed by atoms with Crippen molar-refractivity contribution in [1.82, 2.24) is 4.98 Å². The molecule has 0 atom stereocenters. The van der Waals surface area contributed by atoms with Crippen molar-refractivity contribution in [3.05, 3.63) is 53.2 Å². The number of nitriles is 1. The summed E-state index contributed by atoms with van der Waals surface area (Å²) in [7, 11) is 0. The molecule has 2 heteroatoms. The minimum Gasteiger partial charge on any atom is -0.355 e. The maximum atomic E-state index is 9.01. The van der Waals surface area contributed by atoms with Gasteiger partial charge in [0.25, 0.3) is 0 Å². The summed E-state index contributed by atoms with van der Waals surface area (Å²) in [6.07, 6.45) is 3.79. The fraction of sp³-hybridized carbons (Fsp3) is 0.118. The van der Waals surface area contributed by atoms with Crippen molar-refractivity contribution in [2.75, 3.05) is 0 Å². The zero-order chi connectivity index (χ0) is 12.8. The van der Waals surface area contributed by atoms with E-state index in [0.717, 1.165) is 24.1 Å². The van der Waals surface area contributed by atoms with E-state index in [-0.39, 0.29) is 0 Å². The second-order valence-electron chi connectivity index (χ2n) is 5.04. The molecule has 1 aliphatic carbocycles. The van der Waals surface area contributed by atoms with E-state index in [9.17, 15) is 0 Å². The van der Waals surface area contributed by atoms with Crippen LogP contribution in [0.2, 0.25) is 0 Å². The van der Waals surface area contributed by atoms with E-state index in [1.54, 1.807) is 0 Å². The highest BCUT2D eigenvalue weighted by Crippen LogP contribution is 2.32. The minimum absolute atomic E-state index is 0.850. The second kappa shape index (κ2) is 3.73. The van der Waals surface area contributed by atoms with Crippen molar-refractivity contribution in [3.63, 3.8) is 0 Å². The monoisotopic (exact) mass is 244 g/mol. The Morgan fingerprint density at radius 3 is 2.63 bits per heavy atom. The quantitative estimate of drug-likeness (QED) is 0.633. The van der Waals surface area contributed by atoms with Gasteiger partial charge in [0, 0.05) is 22.2 Å². The third kappa shape index (κ3) is 1.49. The molecule has 0 radical (unpaired) electrons. The van der Waals surface area contributed by atoms with Gasteiger partial charge in [0.2, 0.25) is 0 Å². The summed E-state index contributed by atoms with van der Waals surface area (Å²) in [6, 6.07) is 15.1. The second-order valence-corrected chi connectivity index (χ2v) is 5.04. The normalized spacial score (nSPS) is 14.2. The SMILES string of the molecule is N#CC1=Cc2[nH]c3cc4ccccc4cc3c2CC1. The summed E-state index contributed by atoms with van der Waals surface area (Å²) in [6.45, 7) is 0. The summed E-state index contributed by atoms with van der Waals surface area (Å²) in [5.74, 6) is 0. The molecule has 90 valence electrons. The van der Waals surface area contributed by atoms with Crippen LogP contribution >= 0.6 is 0 Å². The summed E-state index contributed by atoms with van der Waals surface area (Å²) in [5, 5.41) is 12.8. The van der Waals surface area contributed by atoms with Gasteiger partial charge >= 0.3 is 0 Å². The van der Waals surface area contributed by atoms with Crippen LogP contribution in [0.3, 0.4) is 0 Å². The Kier molecular flexibility index (Phi) is 2.04. The van der Waals surface area contributed by atoms with Crippen LogP contribution in [0.5, 0.6) is 0 Å². The van der Waals surface area contributed by atoms with Gasteiger partial charge < -0.3 is 4.98 Å². The Labute approximate surface area is 111 Å². The fourth-order valence-corrected chi connectivity index (χ4v) is 2.95. The first kappa shape index (κ1) is 10.4. The number of rotatable bonds is 0. The van der Waals surface area contributed by atoms with Crippen molar-refractivity contribution in [2.45, 2.75) is 12.8 Å². The van der Waals surface area contributed by atoms with E-state index >= 15 is 0 Å². The molecular weight excluding hydrogens is 232 g/mol. The summed E-state index contributed by atoms with van der Waals surface area (Å²) in [5.41, 5.74) is 4.48. The van der Waals surface area contributed by atoms with Crippen molar-refractivity contribution >= 4 is 27.8 Å². The van der Waals surface area contributed by atoms with Crippen LogP contribution in [0.25, 0.3) is 27.8 Å². The molecule has 0 saturated heterocycles. The van der Waals surface area contributed by atoms with E-state index in [4.69, 9.17) is 5.26 Å². The average Bonchev–Trinajstić information content (AvgIpc) is 2.81. The van der Waals surface area contributed by atoms with Crippen molar-refractivity contribution in [3.8, 4) is 6.07 Å². The molecule has 0 amide bonds. The van der Waals surface area contributed by atoms with Crippen LogP contribution in [0.1, 0.15) is 17.7 Å². The third-order valence-corrected chi connectivity index (χ3v) is 3.91. The number of fused-ring (bicyclic) bond motifs is 4. The van der Waals surface area contributed by atoms with E-state index in [0.29, 0.717) is 0 Å². The molecule has 2 nitrogen and oxygen atoms in total. The Bertz CT molecular complexity index is 875. The summed E-state index contributed by atoms with van der Waals surface area (Å²) < 4.78 is 0. The molecule has 19 heavy (non-hydrogen) atoms. The van der Waals surface area contributed by atoms with Gasteiger partial charge in [0.05, 0.1) is 6.07 Å². The maximum absolute atomic E-state index is 9.01. The van der Waals surface area contributed by atoms with E-state index < -0.39 is 0 Å². The third-order valence-electron chi connectivity index (χ3n) is 3.91. The first-order valence-corrected chi connectivity index (χ1v) is 6.49. The molecule has 2 aromatic carbocycles.